The van der Waals surface area contributed by atoms with E-state index >= 15 is 0 Å². The molecule has 6 nitrogen and oxygen atoms in total. The maximum absolute atomic E-state index is 11.6. The maximum atomic E-state index is 11.6. The lowest BCUT2D eigenvalue weighted by Gasteiger charge is -2.05. The van der Waals surface area contributed by atoms with Crippen LogP contribution in [0.4, 0.5) is 0 Å². The van der Waals surface area contributed by atoms with Crippen LogP contribution >= 0.6 is 11.6 Å². The number of Topliss-reactive ketones (excluding diaryl/α,β-unsaturated/α-hetero) is 1. The summed E-state index contributed by atoms with van der Waals surface area (Å²) in [5.74, 6) is -1.46. The normalized spacial score (nSPS) is 11.2. The maximum Gasteiger partial charge on any atom is 0.341 e. The summed E-state index contributed by atoms with van der Waals surface area (Å²) in [5, 5.41) is 8.69. The highest BCUT2D eigenvalue weighted by molar-refractivity contribution is 6.32. The fourth-order valence-electron chi connectivity index (χ4n) is 1.19. The second-order valence-electron chi connectivity index (χ2n) is 3.51. The summed E-state index contributed by atoms with van der Waals surface area (Å²) < 4.78 is 4.75. The molecule has 1 aromatic rings. The van der Waals surface area contributed by atoms with Gasteiger partial charge in [0.2, 0.25) is 5.78 Å². The third-order valence-corrected chi connectivity index (χ3v) is 2.40. The van der Waals surface area contributed by atoms with Crippen molar-refractivity contribution in [3.8, 4) is 6.07 Å². The monoisotopic (exact) mass is 279 g/mol. The van der Waals surface area contributed by atoms with E-state index < -0.39 is 18.4 Å². The van der Waals surface area contributed by atoms with Crippen LogP contribution in [0.3, 0.4) is 0 Å². The molecule has 0 aliphatic rings. The molecule has 0 aliphatic carbocycles. The van der Waals surface area contributed by atoms with E-state index in [1.165, 1.54) is 25.3 Å². The fourth-order valence-corrected chi connectivity index (χ4v) is 1.39. The van der Waals surface area contributed by atoms with Crippen LogP contribution in [0.2, 0.25) is 5.15 Å². The number of hydrogen-bond donors (Lipinski definition) is 1. The third kappa shape index (κ3) is 3.79. The van der Waals surface area contributed by atoms with E-state index in [-0.39, 0.29) is 22.0 Å². The van der Waals surface area contributed by atoms with E-state index in [4.69, 9.17) is 27.3 Å². The minimum atomic E-state index is -0.793. The Balaban J connectivity index is 2.72. The van der Waals surface area contributed by atoms with Gasteiger partial charge in [0.1, 0.15) is 16.8 Å². The van der Waals surface area contributed by atoms with Crippen molar-refractivity contribution in [2.75, 3.05) is 6.61 Å². The molecule has 19 heavy (non-hydrogen) atoms. The molecule has 0 saturated heterocycles. The minimum absolute atomic E-state index is 0.0222. The lowest BCUT2D eigenvalue weighted by Crippen LogP contribution is -2.18. The van der Waals surface area contributed by atoms with Crippen molar-refractivity contribution in [2.24, 2.45) is 5.73 Å². The van der Waals surface area contributed by atoms with Gasteiger partial charge < -0.3 is 10.5 Å². The Morgan fingerprint density at radius 1 is 1.58 bits per heavy atom. The zero-order valence-corrected chi connectivity index (χ0v) is 10.8. The average Bonchev–Trinajstić information content (AvgIpc) is 2.37. The average molecular weight is 280 g/mol. The molecule has 0 amide bonds. The topological polar surface area (TPSA) is 106 Å². The van der Waals surface area contributed by atoms with Crippen molar-refractivity contribution in [2.45, 2.75) is 6.92 Å². The van der Waals surface area contributed by atoms with Gasteiger partial charge in [-0.25, -0.2) is 9.78 Å². The molecule has 0 aromatic carbocycles. The number of nitriles is 1. The van der Waals surface area contributed by atoms with Crippen molar-refractivity contribution in [3.05, 3.63) is 40.3 Å². The Labute approximate surface area is 114 Å². The van der Waals surface area contributed by atoms with E-state index in [1.54, 1.807) is 6.07 Å². The summed E-state index contributed by atoms with van der Waals surface area (Å²) in [5.41, 5.74) is 5.24. The summed E-state index contributed by atoms with van der Waals surface area (Å²) in [6, 6.07) is 4.57. The molecule has 2 N–H and O–H groups in total. The largest absolute Gasteiger partial charge is 0.454 e. The number of pyridine rings is 1. The lowest BCUT2D eigenvalue weighted by atomic mass is 10.1. The Bertz CT molecular complexity index is 586. The molecule has 0 aliphatic heterocycles. The van der Waals surface area contributed by atoms with Crippen LogP contribution in [-0.2, 0) is 9.53 Å². The molecule has 0 unspecified atom stereocenters. The SMILES string of the molecule is CC(N)=C(C#N)C(=O)COC(=O)c1cccnc1Cl. The van der Waals surface area contributed by atoms with Gasteiger partial charge in [-0.15, -0.1) is 0 Å². The predicted molar refractivity (Wildman–Crippen MR) is 67.0 cm³/mol. The number of carbonyl (C=O) groups excluding carboxylic acids is 2. The van der Waals surface area contributed by atoms with Crippen molar-refractivity contribution in [1.82, 2.24) is 4.98 Å². The highest BCUT2D eigenvalue weighted by atomic mass is 35.5. The van der Waals surface area contributed by atoms with Gasteiger partial charge in [-0.2, -0.15) is 5.26 Å². The highest BCUT2D eigenvalue weighted by Gasteiger charge is 2.17. The Morgan fingerprint density at radius 2 is 2.26 bits per heavy atom. The van der Waals surface area contributed by atoms with Crippen molar-refractivity contribution < 1.29 is 14.3 Å². The summed E-state index contributed by atoms with van der Waals surface area (Å²) in [4.78, 5) is 26.9. The van der Waals surface area contributed by atoms with E-state index in [0.717, 1.165) is 0 Å². The highest BCUT2D eigenvalue weighted by Crippen LogP contribution is 2.12. The minimum Gasteiger partial charge on any atom is -0.454 e. The van der Waals surface area contributed by atoms with Gasteiger partial charge in [0, 0.05) is 11.9 Å². The van der Waals surface area contributed by atoms with Crippen molar-refractivity contribution in [1.29, 1.82) is 5.26 Å². The van der Waals surface area contributed by atoms with E-state index in [2.05, 4.69) is 4.98 Å². The number of rotatable bonds is 4. The molecule has 0 fully saturated rings. The zero-order chi connectivity index (χ0) is 14.4. The Kier molecular flexibility index (Phi) is 5.03. The predicted octanol–water partition coefficient (Wildman–Crippen LogP) is 1.22. The van der Waals surface area contributed by atoms with Crippen LogP contribution in [0, 0.1) is 11.3 Å². The van der Waals surface area contributed by atoms with E-state index in [9.17, 15) is 9.59 Å². The fraction of sp³-hybridized carbons (Fsp3) is 0.167. The van der Waals surface area contributed by atoms with Crippen LogP contribution in [0.25, 0.3) is 0 Å². The van der Waals surface area contributed by atoms with Crippen LogP contribution in [0.15, 0.2) is 29.6 Å². The number of ether oxygens (including phenoxy) is 1. The second-order valence-corrected chi connectivity index (χ2v) is 3.87. The van der Waals surface area contributed by atoms with Gasteiger partial charge in [-0.05, 0) is 19.1 Å². The third-order valence-electron chi connectivity index (χ3n) is 2.10. The standard InChI is InChI=1S/C12H10ClN3O3/c1-7(15)9(5-14)10(17)6-19-12(18)8-3-2-4-16-11(8)13/h2-4H,6,15H2,1H3. The molecule has 0 saturated carbocycles. The molecule has 0 bridgehead atoms. The molecule has 0 atom stereocenters. The first-order valence-corrected chi connectivity index (χ1v) is 5.52. The summed E-state index contributed by atoms with van der Waals surface area (Å²) in [6.07, 6.45) is 1.42. The van der Waals surface area contributed by atoms with Crippen LogP contribution < -0.4 is 5.73 Å². The number of ketones is 1. The van der Waals surface area contributed by atoms with Gasteiger partial charge >= 0.3 is 5.97 Å². The van der Waals surface area contributed by atoms with Crippen molar-refractivity contribution in [3.63, 3.8) is 0 Å². The van der Waals surface area contributed by atoms with Crippen molar-refractivity contribution >= 4 is 23.4 Å². The smallest absolute Gasteiger partial charge is 0.341 e. The number of nitrogens with zero attached hydrogens (tertiary/aromatic N) is 2. The molecule has 0 radical (unpaired) electrons. The second kappa shape index (κ2) is 6.52. The van der Waals surface area contributed by atoms with Gasteiger partial charge in [0.05, 0.1) is 5.56 Å². The number of hydrogen-bond acceptors (Lipinski definition) is 6. The number of nitrogens with two attached hydrogens (primary N) is 1. The van der Waals surface area contributed by atoms with Crippen LogP contribution in [0.5, 0.6) is 0 Å². The molecule has 1 aromatic heterocycles. The molecule has 1 rings (SSSR count). The van der Waals surface area contributed by atoms with Crippen LogP contribution in [-0.4, -0.2) is 23.3 Å². The van der Waals surface area contributed by atoms with Gasteiger partial charge in [-0.3, -0.25) is 4.79 Å². The first-order chi connectivity index (χ1) is 8.97. The summed E-state index contributed by atoms with van der Waals surface area (Å²) in [6.45, 7) is 0.831. The first-order valence-electron chi connectivity index (χ1n) is 5.14. The van der Waals surface area contributed by atoms with E-state index in [0.29, 0.717) is 0 Å². The molecular formula is C12H10ClN3O3. The summed E-state index contributed by atoms with van der Waals surface area (Å²) >= 11 is 5.70. The number of esters is 1. The number of aromatic nitrogens is 1. The Morgan fingerprint density at radius 3 is 2.79 bits per heavy atom. The molecule has 98 valence electrons. The Hall–Kier alpha value is -2.39. The number of allylic oxidation sites excluding steroid dienone is 1. The van der Waals surface area contributed by atoms with Crippen LogP contribution in [0.1, 0.15) is 17.3 Å². The number of carbonyl (C=O) groups is 2. The van der Waals surface area contributed by atoms with Gasteiger partial charge in [-0.1, -0.05) is 11.6 Å². The quantitative estimate of drug-likeness (QED) is 0.384. The number of halogens is 1. The van der Waals surface area contributed by atoms with E-state index in [1.807, 2.05) is 0 Å². The molecular weight excluding hydrogens is 270 g/mol. The molecule has 0 spiro atoms. The molecule has 1 heterocycles. The first kappa shape index (κ1) is 14.7. The summed E-state index contributed by atoms with van der Waals surface area (Å²) in [7, 11) is 0. The van der Waals surface area contributed by atoms with Gasteiger partial charge in [0.25, 0.3) is 0 Å². The molecule has 7 heteroatoms. The lowest BCUT2D eigenvalue weighted by molar-refractivity contribution is -0.118. The van der Waals surface area contributed by atoms with Gasteiger partial charge in [0.15, 0.2) is 6.61 Å². The zero-order valence-electron chi connectivity index (χ0n) is 10.0.